The first-order valence-corrected chi connectivity index (χ1v) is 9.25. The molecule has 0 N–H and O–H groups in total. The van der Waals surface area contributed by atoms with Crippen LogP contribution in [0.15, 0.2) is 73.4 Å². The molecule has 4 rings (SSSR count). The Balaban J connectivity index is 1.51. The van der Waals surface area contributed by atoms with E-state index in [4.69, 9.17) is 0 Å². The summed E-state index contributed by atoms with van der Waals surface area (Å²) in [6.45, 7) is 0. The lowest BCUT2D eigenvalue weighted by Gasteiger charge is -2.13. The molecule has 2 aromatic heterocycles. The first kappa shape index (κ1) is 15.3. The predicted molar refractivity (Wildman–Crippen MR) is 96.3 cm³/mol. The Bertz CT molecular complexity index is 660. The predicted octanol–water partition coefficient (Wildman–Crippen LogP) is 4.49. The van der Waals surface area contributed by atoms with Crippen molar-refractivity contribution in [2.75, 3.05) is 0 Å². The fourth-order valence-electron chi connectivity index (χ4n) is 3.79. The lowest BCUT2D eigenvalue weighted by atomic mass is 10.0. The second-order valence-electron chi connectivity index (χ2n) is 6.92. The monoisotopic (exact) mass is 318 g/mol. The maximum Gasteiger partial charge on any atom is 0.176 e. The van der Waals surface area contributed by atoms with Gasteiger partial charge in [-0.3, -0.25) is 0 Å². The van der Waals surface area contributed by atoms with Gasteiger partial charge in [0.25, 0.3) is 0 Å². The minimum atomic E-state index is 0.531. The number of aromatic nitrogens is 2. The highest BCUT2D eigenvalue weighted by Gasteiger charge is 2.18. The van der Waals surface area contributed by atoms with Gasteiger partial charge in [-0.2, -0.15) is 9.13 Å². The average Bonchev–Trinajstić information content (AvgIpc) is 2.70. The Morgan fingerprint density at radius 1 is 0.625 bits per heavy atom. The van der Waals surface area contributed by atoms with Gasteiger partial charge in [-0.05, 0) is 49.0 Å². The number of rotatable bonds is 3. The van der Waals surface area contributed by atoms with Crippen molar-refractivity contribution in [1.29, 1.82) is 0 Å². The zero-order valence-corrected chi connectivity index (χ0v) is 14.2. The van der Waals surface area contributed by atoms with Crippen molar-refractivity contribution in [3.05, 3.63) is 73.4 Å². The first-order chi connectivity index (χ1) is 11.9. The van der Waals surface area contributed by atoms with Gasteiger partial charge >= 0.3 is 0 Å². The van der Waals surface area contributed by atoms with Crippen molar-refractivity contribution >= 4 is 0 Å². The molecular weight excluding hydrogens is 292 g/mol. The summed E-state index contributed by atoms with van der Waals surface area (Å²) < 4.78 is 4.66. The van der Waals surface area contributed by atoms with Crippen molar-refractivity contribution in [2.24, 2.45) is 0 Å². The summed E-state index contributed by atoms with van der Waals surface area (Å²) in [4.78, 5) is 0. The van der Waals surface area contributed by atoms with Crippen LogP contribution in [0.1, 0.15) is 50.6 Å². The van der Waals surface area contributed by atoms with Gasteiger partial charge in [-0.15, -0.1) is 0 Å². The molecule has 2 atom stereocenters. The summed E-state index contributed by atoms with van der Waals surface area (Å²) in [7, 11) is 0. The summed E-state index contributed by atoms with van der Waals surface area (Å²) >= 11 is 0. The molecule has 2 nitrogen and oxygen atoms in total. The largest absolute Gasteiger partial charge is 0.199 e. The zero-order valence-electron chi connectivity index (χ0n) is 14.2. The van der Waals surface area contributed by atoms with E-state index in [0.717, 1.165) is 0 Å². The molecule has 0 radical (unpaired) electrons. The second kappa shape index (κ2) is 7.12. The van der Waals surface area contributed by atoms with Crippen LogP contribution in [-0.2, 0) is 0 Å². The molecule has 2 unspecified atom stereocenters. The molecule has 24 heavy (non-hydrogen) atoms. The van der Waals surface area contributed by atoms with Gasteiger partial charge in [0.15, 0.2) is 36.9 Å². The van der Waals surface area contributed by atoms with Crippen molar-refractivity contribution in [2.45, 2.75) is 50.6 Å². The van der Waals surface area contributed by atoms with E-state index in [1.54, 1.807) is 0 Å². The Labute approximate surface area is 144 Å². The van der Waals surface area contributed by atoms with E-state index in [-0.39, 0.29) is 0 Å². The van der Waals surface area contributed by atoms with Gasteiger partial charge in [0.05, 0.1) is 0 Å². The van der Waals surface area contributed by atoms with E-state index in [0.29, 0.717) is 12.1 Å². The lowest BCUT2D eigenvalue weighted by Crippen LogP contribution is -2.38. The lowest BCUT2D eigenvalue weighted by molar-refractivity contribution is -0.713. The molecule has 2 aromatic rings. The van der Waals surface area contributed by atoms with E-state index in [1.165, 1.54) is 49.7 Å². The van der Waals surface area contributed by atoms with E-state index < -0.39 is 0 Å². The van der Waals surface area contributed by atoms with Crippen molar-refractivity contribution < 1.29 is 9.13 Å². The fourth-order valence-corrected chi connectivity index (χ4v) is 3.79. The SMILES string of the molecule is C1=CC([n+]2ccc(-c3cc[n+](C4C=CCCC4)cc3)cc2)CCC1. The van der Waals surface area contributed by atoms with Gasteiger partial charge in [-0.1, -0.05) is 12.2 Å². The maximum atomic E-state index is 2.34. The van der Waals surface area contributed by atoms with Gasteiger partial charge in [0.2, 0.25) is 0 Å². The normalized spacial score (nSPS) is 23.3. The third-order valence-corrected chi connectivity index (χ3v) is 5.26. The van der Waals surface area contributed by atoms with Crippen LogP contribution in [0, 0.1) is 0 Å². The second-order valence-corrected chi connectivity index (χ2v) is 6.92. The molecule has 0 aliphatic heterocycles. The minimum Gasteiger partial charge on any atom is -0.199 e. The van der Waals surface area contributed by atoms with E-state index in [2.05, 4.69) is 82.5 Å². The molecule has 0 aromatic carbocycles. The fraction of sp³-hybridized carbons (Fsp3) is 0.364. The third kappa shape index (κ3) is 3.33. The van der Waals surface area contributed by atoms with Crippen LogP contribution in [0.2, 0.25) is 0 Å². The summed E-state index contributed by atoms with van der Waals surface area (Å²) in [6.07, 6.45) is 25.7. The third-order valence-electron chi connectivity index (χ3n) is 5.26. The minimum absolute atomic E-state index is 0.531. The number of nitrogens with zero attached hydrogens (tertiary/aromatic N) is 2. The molecule has 0 saturated carbocycles. The molecule has 2 heteroatoms. The smallest absolute Gasteiger partial charge is 0.176 e. The van der Waals surface area contributed by atoms with Crippen molar-refractivity contribution in [1.82, 2.24) is 0 Å². The first-order valence-electron chi connectivity index (χ1n) is 9.25. The van der Waals surface area contributed by atoms with Crippen molar-refractivity contribution in [3.63, 3.8) is 0 Å². The maximum absolute atomic E-state index is 2.34. The molecule has 2 aliphatic carbocycles. The summed E-state index contributed by atoms with van der Waals surface area (Å²) in [6, 6.07) is 10.0. The Hall–Kier alpha value is -2.22. The van der Waals surface area contributed by atoms with E-state index in [1.807, 2.05) is 0 Å². The number of allylic oxidation sites excluding steroid dienone is 4. The molecule has 122 valence electrons. The van der Waals surface area contributed by atoms with Crippen LogP contribution >= 0.6 is 0 Å². The van der Waals surface area contributed by atoms with Crippen LogP contribution in [0.5, 0.6) is 0 Å². The molecule has 2 heterocycles. The van der Waals surface area contributed by atoms with Crippen LogP contribution in [0.3, 0.4) is 0 Å². The summed E-state index contributed by atoms with van der Waals surface area (Å²) in [5, 5.41) is 0. The number of pyridine rings is 2. The molecule has 0 saturated heterocycles. The van der Waals surface area contributed by atoms with E-state index in [9.17, 15) is 0 Å². The standard InChI is InChI=1S/C22H26N2/c1-3-7-21(8-4-1)23-15-11-19(12-16-23)20-13-17-24(18-14-20)22-9-5-2-6-10-22/h3,5,7,9,11-18,21-22H,1-2,4,6,8,10H2/q+2. The van der Waals surface area contributed by atoms with Crippen molar-refractivity contribution in [3.8, 4) is 11.1 Å². The molecule has 0 bridgehead atoms. The van der Waals surface area contributed by atoms with Gasteiger partial charge in [0.1, 0.15) is 0 Å². The van der Waals surface area contributed by atoms with Crippen LogP contribution in [-0.4, -0.2) is 0 Å². The molecular formula is C22H26N2+2. The highest BCUT2D eigenvalue weighted by molar-refractivity contribution is 5.60. The molecule has 0 spiro atoms. The molecule has 0 amide bonds. The Morgan fingerprint density at radius 2 is 1.04 bits per heavy atom. The molecule has 2 aliphatic rings. The number of hydrogen-bond donors (Lipinski definition) is 0. The highest BCUT2D eigenvalue weighted by Crippen LogP contribution is 2.21. The quantitative estimate of drug-likeness (QED) is 0.582. The zero-order chi connectivity index (χ0) is 16.2. The van der Waals surface area contributed by atoms with E-state index >= 15 is 0 Å². The highest BCUT2D eigenvalue weighted by atomic mass is 15.0. The van der Waals surface area contributed by atoms with Gasteiger partial charge in [-0.25, -0.2) is 0 Å². The Kier molecular flexibility index (Phi) is 4.55. The van der Waals surface area contributed by atoms with Crippen LogP contribution < -0.4 is 9.13 Å². The summed E-state index contributed by atoms with van der Waals surface area (Å²) in [5.41, 5.74) is 2.58. The Morgan fingerprint density at radius 3 is 1.38 bits per heavy atom. The van der Waals surface area contributed by atoms with Gasteiger partial charge in [0, 0.05) is 37.1 Å². The van der Waals surface area contributed by atoms with Gasteiger partial charge < -0.3 is 0 Å². The summed E-state index contributed by atoms with van der Waals surface area (Å²) in [5.74, 6) is 0. The molecule has 0 fully saturated rings. The topological polar surface area (TPSA) is 7.76 Å². The van der Waals surface area contributed by atoms with Crippen LogP contribution in [0.25, 0.3) is 11.1 Å². The van der Waals surface area contributed by atoms with Crippen LogP contribution in [0.4, 0.5) is 0 Å². The average molecular weight is 318 g/mol. The number of hydrogen-bond acceptors (Lipinski definition) is 0.